The minimum Gasteiger partial charge on any atom is -0.263 e. The van der Waals surface area contributed by atoms with E-state index in [4.69, 9.17) is 0 Å². The minimum absolute atomic E-state index is 0.0705. The molecule has 0 aliphatic heterocycles. The maximum atomic E-state index is 12.8. The topological polar surface area (TPSA) is 17.8 Å². The summed E-state index contributed by atoms with van der Waals surface area (Å²) in [6.45, 7) is 4.68. The van der Waals surface area contributed by atoms with E-state index in [1.807, 2.05) is 0 Å². The van der Waals surface area contributed by atoms with Gasteiger partial charge in [0.15, 0.2) is 0 Å². The Bertz CT molecular complexity index is 365. The van der Waals surface area contributed by atoms with E-state index in [2.05, 4.69) is 12.0 Å². The smallest absolute Gasteiger partial charge is 0.263 e. The number of aryl methyl sites for hydroxylation is 1. The molecule has 0 amide bonds. The molecule has 0 aromatic carbocycles. The molecule has 1 aliphatic rings. The largest absolute Gasteiger partial charge is 0.280 e. The van der Waals surface area contributed by atoms with Gasteiger partial charge in [-0.25, -0.2) is 8.78 Å². The Morgan fingerprint density at radius 3 is 2.59 bits per heavy atom. The summed E-state index contributed by atoms with van der Waals surface area (Å²) in [5, 5.41) is 4.18. The first-order valence-electron chi connectivity index (χ1n) is 6.38. The quantitative estimate of drug-likeness (QED) is 0.784. The van der Waals surface area contributed by atoms with Gasteiger partial charge in [-0.3, -0.25) is 4.68 Å². The van der Waals surface area contributed by atoms with Crippen molar-refractivity contribution in [3.63, 3.8) is 0 Å². The van der Waals surface area contributed by atoms with E-state index in [9.17, 15) is 8.78 Å². The molecule has 0 atom stereocenters. The summed E-state index contributed by atoms with van der Waals surface area (Å²) in [6, 6.07) is 1.50. The van der Waals surface area contributed by atoms with Crippen LogP contribution in [0.4, 0.5) is 8.78 Å². The van der Waals surface area contributed by atoms with Crippen molar-refractivity contribution in [1.82, 2.24) is 9.78 Å². The predicted molar refractivity (Wildman–Crippen MR) is 63.0 cm³/mol. The van der Waals surface area contributed by atoms with Crippen LogP contribution >= 0.6 is 0 Å². The first kappa shape index (κ1) is 12.5. The lowest BCUT2D eigenvalue weighted by Gasteiger charge is -2.26. The van der Waals surface area contributed by atoms with E-state index in [-0.39, 0.29) is 5.69 Å². The number of nitrogens with zero attached hydrogens (tertiary/aromatic N) is 2. The average molecular weight is 242 g/mol. The Morgan fingerprint density at radius 1 is 1.35 bits per heavy atom. The van der Waals surface area contributed by atoms with Gasteiger partial charge in [0.2, 0.25) is 0 Å². The zero-order chi connectivity index (χ0) is 12.4. The van der Waals surface area contributed by atoms with E-state index in [0.717, 1.165) is 18.8 Å². The number of aromatic nitrogens is 2. The van der Waals surface area contributed by atoms with Crippen molar-refractivity contribution >= 4 is 0 Å². The van der Waals surface area contributed by atoms with Crippen LogP contribution in [0.1, 0.15) is 50.4 Å². The highest BCUT2D eigenvalue weighted by Gasteiger charge is 2.22. The van der Waals surface area contributed by atoms with Crippen LogP contribution in [0.2, 0.25) is 0 Å². The molecular weight excluding hydrogens is 222 g/mol. The van der Waals surface area contributed by atoms with Crippen molar-refractivity contribution in [2.75, 3.05) is 0 Å². The maximum absolute atomic E-state index is 12.8. The molecule has 2 nitrogen and oxygen atoms in total. The molecule has 4 heteroatoms. The van der Waals surface area contributed by atoms with Crippen molar-refractivity contribution in [2.45, 2.75) is 52.5 Å². The van der Waals surface area contributed by atoms with Gasteiger partial charge in [0.25, 0.3) is 6.43 Å². The Kier molecular flexibility index (Phi) is 3.79. The van der Waals surface area contributed by atoms with Crippen LogP contribution in [0.3, 0.4) is 0 Å². The first-order chi connectivity index (χ1) is 8.06. The molecule has 1 heterocycles. The standard InChI is InChI=1S/C13H20F2N2/c1-9-3-5-11(6-4-9)8-17-12(13(14)15)7-10(2)16-17/h7,9,11,13H,3-6,8H2,1-2H3. The van der Waals surface area contributed by atoms with Crippen LogP contribution in [0.15, 0.2) is 6.07 Å². The van der Waals surface area contributed by atoms with E-state index in [0.29, 0.717) is 18.2 Å². The van der Waals surface area contributed by atoms with Gasteiger partial charge in [0.1, 0.15) is 5.69 Å². The molecule has 1 saturated carbocycles. The van der Waals surface area contributed by atoms with Crippen molar-refractivity contribution in [3.8, 4) is 0 Å². The maximum Gasteiger partial charge on any atom is 0.280 e. The van der Waals surface area contributed by atoms with Crippen molar-refractivity contribution in [2.24, 2.45) is 11.8 Å². The van der Waals surface area contributed by atoms with Crippen LogP contribution in [-0.4, -0.2) is 9.78 Å². The molecule has 0 N–H and O–H groups in total. The van der Waals surface area contributed by atoms with E-state index < -0.39 is 6.43 Å². The summed E-state index contributed by atoms with van der Waals surface area (Å²) in [5.74, 6) is 1.31. The third-order valence-electron chi connectivity index (χ3n) is 3.72. The molecule has 1 aliphatic carbocycles. The average Bonchev–Trinajstić information content (AvgIpc) is 2.63. The first-order valence-corrected chi connectivity index (χ1v) is 6.38. The SMILES string of the molecule is Cc1cc(C(F)F)n(CC2CCC(C)CC2)n1. The van der Waals surface area contributed by atoms with E-state index in [1.54, 1.807) is 6.92 Å². The molecule has 0 spiro atoms. The molecule has 0 radical (unpaired) electrons. The second-order valence-electron chi connectivity index (χ2n) is 5.32. The fourth-order valence-electron chi connectivity index (χ4n) is 2.64. The van der Waals surface area contributed by atoms with Gasteiger partial charge in [-0.05, 0) is 37.7 Å². The lowest BCUT2D eigenvalue weighted by molar-refractivity contribution is 0.135. The predicted octanol–water partition coefficient (Wildman–Crippen LogP) is 3.96. The fourth-order valence-corrected chi connectivity index (χ4v) is 2.64. The number of hydrogen-bond acceptors (Lipinski definition) is 1. The number of rotatable bonds is 3. The molecule has 0 unspecified atom stereocenters. The Hall–Kier alpha value is -0.930. The molecule has 1 aromatic heterocycles. The zero-order valence-electron chi connectivity index (χ0n) is 10.5. The second-order valence-corrected chi connectivity index (χ2v) is 5.32. The number of alkyl halides is 2. The van der Waals surface area contributed by atoms with Gasteiger partial charge in [-0.1, -0.05) is 19.8 Å². The van der Waals surface area contributed by atoms with Crippen molar-refractivity contribution < 1.29 is 8.78 Å². The van der Waals surface area contributed by atoms with E-state index >= 15 is 0 Å². The highest BCUT2D eigenvalue weighted by atomic mass is 19.3. The van der Waals surface area contributed by atoms with Crippen molar-refractivity contribution in [3.05, 3.63) is 17.5 Å². The third kappa shape index (κ3) is 3.05. The summed E-state index contributed by atoms with van der Waals surface area (Å²) in [7, 11) is 0. The summed E-state index contributed by atoms with van der Waals surface area (Å²) < 4.78 is 27.1. The Balaban J connectivity index is 2.03. The molecular formula is C13H20F2N2. The Morgan fingerprint density at radius 2 is 2.00 bits per heavy atom. The lowest BCUT2D eigenvalue weighted by Crippen LogP contribution is -2.19. The van der Waals surface area contributed by atoms with Crippen LogP contribution in [0.5, 0.6) is 0 Å². The molecule has 17 heavy (non-hydrogen) atoms. The van der Waals surface area contributed by atoms with Gasteiger partial charge in [0.05, 0.1) is 5.69 Å². The summed E-state index contributed by atoms with van der Waals surface area (Å²) in [4.78, 5) is 0. The normalized spacial score (nSPS) is 25.5. The van der Waals surface area contributed by atoms with Gasteiger partial charge in [0, 0.05) is 6.54 Å². The fraction of sp³-hybridized carbons (Fsp3) is 0.769. The van der Waals surface area contributed by atoms with Crippen LogP contribution in [-0.2, 0) is 6.54 Å². The molecule has 0 saturated heterocycles. The van der Waals surface area contributed by atoms with E-state index in [1.165, 1.54) is 23.6 Å². The van der Waals surface area contributed by atoms with Crippen LogP contribution in [0.25, 0.3) is 0 Å². The summed E-state index contributed by atoms with van der Waals surface area (Å²) in [5.41, 5.74) is 0.755. The molecule has 2 rings (SSSR count). The van der Waals surface area contributed by atoms with Gasteiger partial charge in [-0.15, -0.1) is 0 Å². The Labute approximate surface area is 101 Å². The second kappa shape index (κ2) is 5.15. The summed E-state index contributed by atoms with van der Waals surface area (Å²) >= 11 is 0. The molecule has 1 fully saturated rings. The van der Waals surface area contributed by atoms with Gasteiger partial charge >= 0.3 is 0 Å². The van der Waals surface area contributed by atoms with Crippen LogP contribution < -0.4 is 0 Å². The zero-order valence-corrected chi connectivity index (χ0v) is 10.5. The monoisotopic (exact) mass is 242 g/mol. The van der Waals surface area contributed by atoms with Gasteiger partial charge in [-0.2, -0.15) is 5.10 Å². The lowest BCUT2D eigenvalue weighted by atomic mass is 9.83. The molecule has 96 valence electrons. The number of hydrogen-bond donors (Lipinski definition) is 0. The molecule has 0 bridgehead atoms. The van der Waals surface area contributed by atoms with Crippen LogP contribution in [0, 0.1) is 18.8 Å². The third-order valence-corrected chi connectivity index (χ3v) is 3.72. The minimum atomic E-state index is -2.42. The summed E-state index contributed by atoms with van der Waals surface area (Å²) in [6.07, 6.45) is 2.30. The molecule has 1 aromatic rings. The highest BCUT2D eigenvalue weighted by molar-refractivity contribution is 5.10. The highest BCUT2D eigenvalue weighted by Crippen LogP contribution is 2.30. The van der Waals surface area contributed by atoms with Crippen molar-refractivity contribution in [1.29, 1.82) is 0 Å². The van der Waals surface area contributed by atoms with Gasteiger partial charge < -0.3 is 0 Å². The number of halogens is 2.